The molecule has 2 aliphatic rings. The molecule has 0 bridgehead atoms. The zero-order valence-electron chi connectivity index (χ0n) is 11.4. The number of nitrogens with one attached hydrogen (secondary N) is 2. The van der Waals surface area contributed by atoms with Crippen molar-refractivity contribution in [2.24, 2.45) is 5.92 Å². The number of fused-ring (bicyclic) bond motifs is 1. The number of carbonyl (C=O) groups is 1. The first kappa shape index (κ1) is 13.8. The monoisotopic (exact) mass is 292 g/mol. The minimum Gasteiger partial charge on any atom is -0.381 e. The molecule has 2 aliphatic heterocycles. The smallest absolute Gasteiger partial charge is 0.315 e. The number of carbonyl (C=O) groups excluding carboxylic acids is 1. The summed E-state index contributed by atoms with van der Waals surface area (Å²) < 4.78 is 5.31. The molecular formula is C15H20N2O2S. The maximum atomic E-state index is 12.0. The van der Waals surface area contributed by atoms with E-state index in [-0.39, 0.29) is 12.1 Å². The van der Waals surface area contributed by atoms with E-state index in [4.69, 9.17) is 4.74 Å². The fourth-order valence-corrected chi connectivity index (χ4v) is 3.81. The molecule has 2 amide bonds. The standard InChI is InChI=1S/C15H20N2O2S/c18-15(16-9-11-5-7-19-10-11)17-13-6-8-20-14-4-2-1-3-12(13)14/h1-4,11,13H,5-10H2,(H2,16,17,18)/t11-,13+/m0/s1. The van der Waals surface area contributed by atoms with E-state index in [2.05, 4.69) is 22.8 Å². The van der Waals surface area contributed by atoms with Gasteiger partial charge in [0.25, 0.3) is 0 Å². The molecule has 4 nitrogen and oxygen atoms in total. The molecule has 1 aromatic carbocycles. The van der Waals surface area contributed by atoms with Crippen molar-refractivity contribution < 1.29 is 9.53 Å². The molecule has 0 aliphatic carbocycles. The molecule has 0 saturated carbocycles. The van der Waals surface area contributed by atoms with E-state index in [1.807, 2.05) is 23.9 Å². The Balaban J connectivity index is 1.54. The van der Waals surface area contributed by atoms with Crippen molar-refractivity contribution in [3.8, 4) is 0 Å². The number of amides is 2. The second kappa shape index (κ2) is 6.50. The Bertz CT molecular complexity index is 475. The molecule has 2 heterocycles. The van der Waals surface area contributed by atoms with Crippen LogP contribution >= 0.6 is 11.8 Å². The first-order chi connectivity index (χ1) is 9.83. The van der Waals surface area contributed by atoms with Crippen LogP contribution < -0.4 is 10.6 Å². The molecule has 1 fully saturated rings. The highest BCUT2D eigenvalue weighted by Gasteiger charge is 2.22. The van der Waals surface area contributed by atoms with Crippen LogP contribution in [0.3, 0.4) is 0 Å². The van der Waals surface area contributed by atoms with Crippen LogP contribution in [0.15, 0.2) is 29.2 Å². The predicted octanol–water partition coefficient (Wildman–Crippen LogP) is 2.56. The Hall–Kier alpha value is -1.20. The van der Waals surface area contributed by atoms with E-state index in [0.29, 0.717) is 12.5 Å². The quantitative estimate of drug-likeness (QED) is 0.900. The second-order valence-electron chi connectivity index (χ2n) is 5.31. The maximum Gasteiger partial charge on any atom is 0.315 e. The maximum absolute atomic E-state index is 12.0. The Kier molecular flexibility index (Phi) is 4.47. The molecule has 1 saturated heterocycles. The molecule has 0 aromatic heterocycles. The molecule has 20 heavy (non-hydrogen) atoms. The number of urea groups is 1. The van der Waals surface area contributed by atoms with Crippen molar-refractivity contribution in [1.29, 1.82) is 0 Å². The van der Waals surface area contributed by atoms with Gasteiger partial charge in [-0.3, -0.25) is 0 Å². The summed E-state index contributed by atoms with van der Waals surface area (Å²) in [5.74, 6) is 1.52. The van der Waals surface area contributed by atoms with Gasteiger partial charge in [-0.25, -0.2) is 4.79 Å². The summed E-state index contributed by atoms with van der Waals surface area (Å²) in [5.41, 5.74) is 1.24. The predicted molar refractivity (Wildman–Crippen MR) is 80.0 cm³/mol. The van der Waals surface area contributed by atoms with Crippen molar-refractivity contribution in [3.63, 3.8) is 0 Å². The zero-order valence-corrected chi connectivity index (χ0v) is 12.2. The van der Waals surface area contributed by atoms with Gasteiger partial charge in [0, 0.05) is 29.7 Å². The fourth-order valence-electron chi connectivity index (χ4n) is 2.68. The van der Waals surface area contributed by atoms with Crippen molar-refractivity contribution in [2.45, 2.75) is 23.8 Å². The van der Waals surface area contributed by atoms with Gasteiger partial charge in [-0.15, -0.1) is 11.8 Å². The molecule has 5 heteroatoms. The molecule has 1 aromatic rings. The number of thioether (sulfide) groups is 1. The van der Waals surface area contributed by atoms with Gasteiger partial charge in [-0.2, -0.15) is 0 Å². The topological polar surface area (TPSA) is 50.4 Å². The highest BCUT2D eigenvalue weighted by Crippen LogP contribution is 2.35. The first-order valence-corrected chi connectivity index (χ1v) is 8.15. The summed E-state index contributed by atoms with van der Waals surface area (Å²) in [4.78, 5) is 13.3. The van der Waals surface area contributed by atoms with Crippen LogP contribution in [0.2, 0.25) is 0 Å². The molecule has 2 N–H and O–H groups in total. The average Bonchev–Trinajstić information content (AvgIpc) is 2.99. The van der Waals surface area contributed by atoms with Gasteiger partial charge in [0.15, 0.2) is 0 Å². The van der Waals surface area contributed by atoms with Gasteiger partial charge in [0.1, 0.15) is 0 Å². The first-order valence-electron chi connectivity index (χ1n) is 7.17. The SMILES string of the molecule is O=C(NC[C@@H]1CCOC1)N[C@@H]1CCSc2ccccc21. The molecule has 0 radical (unpaired) electrons. The Morgan fingerprint density at radius 2 is 2.25 bits per heavy atom. The van der Waals surface area contributed by atoms with Crippen molar-refractivity contribution >= 4 is 17.8 Å². The summed E-state index contributed by atoms with van der Waals surface area (Å²) in [6.07, 6.45) is 2.03. The van der Waals surface area contributed by atoms with Crippen LogP contribution in [0, 0.1) is 5.92 Å². The molecular weight excluding hydrogens is 272 g/mol. The summed E-state index contributed by atoms with van der Waals surface area (Å²) in [7, 11) is 0. The number of rotatable bonds is 3. The minimum atomic E-state index is -0.0661. The molecule has 0 spiro atoms. The van der Waals surface area contributed by atoms with E-state index < -0.39 is 0 Å². The average molecular weight is 292 g/mol. The Morgan fingerprint density at radius 1 is 1.35 bits per heavy atom. The number of ether oxygens (including phenoxy) is 1. The van der Waals surface area contributed by atoms with Gasteiger partial charge in [0.2, 0.25) is 0 Å². The van der Waals surface area contributed by atoms with Crippen molar-refractivity contribution in [2.75, 3.05) is 25.5 Å². The summed E-state index contributed by atoms with van der Waals surface area (Å²) >= 11 is 1.87. The number of benzene rings is 1. The van der Waals surface area contributed by atoms with Gasteiger partial charge in [-0.05, 0) is 24.5 Å². The number of hydrogen-bond donors (Lipinski definition) is 2. The van der Waals surface area contributed by atoms with Crippen LogP contribution in [0.1, 0.15) is 24.4 Å². The van der Waals surface area contributed by atoms with Crippen LogP contribution in [0.5, 0.6) is 0 Å². The van der Waals surface area contributed by atoms with E-state index in [1.165, 1.54) is 10.5 Å². The molecule has 2 atom stereocenters. The lowest BCUT2D eigenvalue weighted by atomic mass is 10.0. The van der Waals surface area contributed by atoms with Crippen molar-refractivity contribution in [3.05, 3.63) is 29.8 Å². The van der Waals surface area contributed by atoms with Gasteiger partial charge >= 0.3 is 6.03 Å². The summed E-state index contributed by atoms with van der Waals surface area (Å²) in [5, 5.41) is 6.06. The molecule has 108 valence electrons. The Labute approximate surface area is 123 Å². The molecule has 0 unspecified atom stereocenters. The lowest BCUT2D eigenvalue weighted by Crippen LogP contribution is -2.41. The molecule has 3 rings (SSSR count). The lowest BCUT2D eigenvalue weighted by molar-refractivity contribution is 0.185. The van der Waals surface area contributed by atoms with E-state index >= 15 is 0 Å². The highest BCUT2D eigenvalue weighted by atomic mass is 32.2. The van der Waals surface area contributed by atoms with E-state index in [0.717, 1.165) is 31.8 Å². The van der Waals surface area contributed by atoms with E-state index in [9.17, 15) is 4.79 Å². The normalized spacial score (nSPS) is 25.0. The van der Waals surface area contributed by atoms with Crippen molar-refractivity contribution in [1.82, 2.24) is 10.6 Å². The number of hydrogen-bond acceptors (Lipinski definition) is 3. The van der Waals surface area contributed by atoms with Crippen LogP contribution in [-0.2, 0) is 4.74 Å². The van der Waals surface area contributed by atoms with Crippen LogP contribution in [0.25, 0.3) is 0 Å². The Morgan fingerprint density at radius 3 is 3.10 bits per heavy atom. The van der Waals surface area contributed by atoms with Crippen LogP contribution in [-0.4, -0.2) is 31.5 Å². The third-order valence-corrected chi connectivity index (χ3v) is 4.96. The summed E-state index contributed by atoms with van der Waals surface area (Å²) in [6, 6.07) is 8.39. The largest absolute Gasteiger partial charge is 0.381 e. The highest BCUT2D eigenvalue weighted by molar-refractivity contribution is 7.99. The third-order valence-electron chi connectivity index (χ3n) is 3.84. The van der Waals surface area contributed by atoms with E-state index in [1.54, 1.807) is 0 Å². The minimum absolute atomic E-state index is 0.0661. The van der Waals surface area contributed by atoms with Gasteiger partial charge in [0.05, 0.1) is 12.6 Å². The third kappa shape index (κ3) is 3.27. The lowest BCUT2D eigenvalue weighted by Gasteiger charge is -2.26. The zero-order chi connectivity index (χ0) is 13.8. The second-order valence-corrected chi connectivity index (χ2v) is 6.45. The van der Waals surface area contributed by atoms with Gasteiger partial charge < -0.3 is 15.4 Å². The van der Waals surface area contributed by atoms with Gasteiger partial charge in [-0.1, -0.05) is 18.2 Å². The fraction of sp³-hybridized carbons (Fsp3) is 0.533. The van der Waals surface area contributed by atoms with Crippen LogP contribution in [0.4, 0.5) is 4.79 Å². The summed E-state index contributed by atoms with van der Waals surface area (Å²) in [6.45, 7) is 2.29.